The summed E-state index contributed by atoms with van der Waals surface area (Å²) >= 11 is 0.864. The summed E-state index contributed by atoms with van der Waals surface area (Å²) in [5.74, 6) is 0. The predicted octanol–water partition coefficient (Wildman–Crippen LogP) is 4.22. The van der Waals surface area contributed by atoms with E-state index in [1.807, 2.05) is 22.7 Å². The van der Waals surface area contributed by atoms with Crippen molar-refractivity contribution < 1.29 is 0 Å². The number of hydrogen-bond donors (Lipinski definition) is 0. The first-order valence-corrected chi connectivity index (χ1v) is 26.6. The SMILES string of the molecule is [CH3][SnH]([CH3])[c]1ccc(/C=C/c2cc[c]([Sn]([CH3])([CH3])[CH3])s2)s1. The van der Waals surface area contributed by atoms with Crippen LogP contribution >= 0.6 is 22.7 Å². The van der Waals surface area contributed by atoms with Gasteiger partial charge in [-0.1, -0.05) is 0 Å². The zero-order valence-electron chi connectivity index (χ0n) is 12.4. The monoisotopic (exact) mass is 506 g/mol. The molecule has 2 aromatic heterocycles. The Bertz CT molecular complexity index is 571. The molecule has 0 unspecified atom stereocenters. The van der Waals surface area contributed by atoms with Crippen LogP contribution in [0, 0.1) is 0 Å². The number of thiophene rings is 2. The van der Waals surface area contributed by atoms with Crippen molar-refractivity contribution in [3.63, 3.8) is 0 Å². The van der Waals surface area contributed by atoms with E-state index in [4.69, 9.17) is 0 Å². The summed E-state index contributed by atoms with van der Waals surface area (Å²) in [4.78, 5) is 15.2. The van der Waals surface area contributed by atoms with E-state index in [9.17, 15) is 0 Å². The van der Waals surface area contributed by atoms with Gasteiger partial charge in [-0.3, -0.25) is 0 Å². The summed E-state index contributed by atoms with van der Waals surface area (Å²) in [5, 5.41) is 0. The summed E-state index contributed by atoms with van der Waals surface area (Å²) in [6.07, 6.45) is 4.58. The van der Waals surface area contributed by atoms with Crippen LogP contribution in [0.3, 0.4) is 0 Å². The van der Waals surface area contributed by atoms with Gasteiger partial charge in [0.2, 0.25) is 0 Å². The third-order valence-corrected chi connectivity index (χ3v) is 22.4. The molecule has 0 fully saturated rings. The third-order valence-electron chi connectivity index (χ3n) is 2.99. The Hall–Kier alpha value is 0.737. The third kappa shape index (κ3) is 4.61. The van der Waals surface area contributed by atoms with Gasteiger partial charge >= 0.3 is 137 Å². The second-order valence-electron chi connectivity index (χ2n) is 6.18. The average molecular weight is 504 g/mol. The normalized spacial score (nSPS) is 12.7. The molecule has 19 heavy (non-hydrogen) atoms. The summed E-state index contributed by atoms with van der Waals surface area (Å²) in [5.41, 5.74) is 0. The molecule has 0 aliphatic carbocycles. The molecule has 2 rings (SSSR count). The number of rotatable bonds is 4. The molecule has 0 saturated carbocycles. The van der Waals surface area contributed by atoms with E-state index in [-0.39, 0.29) is 0 Å². The first-order chi connectivity index (χ1) is 8.86. The fourth-order valence-electron chi connectivity index (χ4n) is 1.78. The fraction of sp³-hybridized carbons (Fsp3) is 0.333. The van der Waals surface area contributed by atoms with Crippen molar-refractivity contribution in [2.75, 3.05) is 0 Å². The number of hydrogen-bond acceptors (Lipinski definition) is 2. The van der Waals surface area contributed by atoms with Gasteiger partial charge in [-0.15, -0.1) is 0 Å². The van der Waals surface area contributed by atoms with E-state index < -0.39 is 38.1 Å². The maximum atomic E-state index is 2.48. The van der Waals surface area contributed by atoms with Crippen LogP contribution in [0.1, 0.15) is 9.75 Å². The summed E-state index contributed by atoms with van der Waals surface area (Å²) in [7, 11) is 0. The van der Waals surface area contributed by atoms with Gasteiger partial charge < -0.3 is 0 Å². The van der Waals surface area contributed by atoms with Crippen LogP contribution in [0.25, 0.3) is 12.2 Å². The first-order valence-electron chi connectivity index (χ1n) is 6.74. The zero-order chi connectivity index (χ0) is 14.0. The Kier molecular flexibility index (Phi) is 5.65. The molecule has 0 amide bonds. The summed E-state index contributed by atoms with van der Waals surface area (Å²) in [6.45, 7) is 0. The Morgan fingerprint density at radius 2 is 1.47 bits per heavy atom. The van der Waals surface area contributed by atoms with Gasteiger partial charge in [0.15, 0.2) is 0 Å². The van der Waals surface area contributed by atoms with Gasteiger partial charge in [0.05, 0.1) is 0 Å². The quantitative estimate of drug-likeness (QED) is 0.548. The van der Waals surface area contributed by atoms with Crippen molar-refractivity contribution in [3.8, 4) is 0 Å². The molecule has 0 spiro atoms. The van der Waals surface area contributed by atoms with E-state index in [1.165, 1.54) is 9.75 Å². The minimum absolute atomic E-state index is 1.28. The minimum atomic E-state index is -1.85. The topological polar surface area (TPSA) is 0 Å². The van der Waals surface area contributed by atoms with Crippen molar-refractivity contribution >= 4 is 78.7 Å². The van der Waals surface area contributed by atoms with Gasteiger partial charge in [0.1, 0.15) is 0 Å². The molecule has 0 aromatic carbocycles. The maximum absolute atomic E-state index is 2.48. The molecular weight excluding hydrogens is 482 g/mol. The van der Waals surface area contributed by atoms with Gasteiger partial charge in [0.25, 0.3) is 0 Å². The van der Waals surface area contributed by atoms with Crippen LogP contribution in [0.5, 0.6) is 0 Å². The van der Waals surface area contributed by atoms with Crippen molar-refractivity contribution in [1.82, 2.24) is 0 Å². The summed E-state index contributed by atoms with van der Waals surface area (Å²) < 4.78 is 3.35. The Morgan fingerprint density at radius 1 is 0.895 bits per heavy atom. The Morgan fingerprint density at radius 3 is 1.95 bits per heavy atom. The first kappa shape index (κ1) is 16.1. The van der Waals surface area contributed by atoms with Crippen LogP contribution in [0.4, 0.5) is 0 Å². The predicted molar refractivity (Wildman–Crippen MR) is 99.1 cm³/mol. The van der Waals surface area contributed by atoms with Crippen molar-refractivity contribution in [2.24, 2.45) is 0 Å². The van der Waals surface area contributed by atoms with E-state index in [0.717, 1.165) is 0 Å². The second-order valence-corrected chi connectivity index (χ2v) is 33.4. The molecule has 4 heteroatoms. The Labute approximate surface area is 136 Å². The molecule has 0 aliphatic heterocycles. The molecule has 0 N–H and O–H groups in total. The van der Waals surface area contributed by atoms with E-state index >= 15 is 0 Å². The molecule has 2 heterocycles. The molecule has 0 bridgehead atoms. The van der Waals surface area contributed by atoms with Gasteiger partial charge in [-0.25, -0.2) is 0 Å². The molecule has 2 aromatic rings. The molecule has 0 radical (unpaired) electrons. The van der Waals surface area contributed by atoms with E-state index in [0.29, 0.717) is 0 Å². The van der Waals surface area contributed by atoms with Crippen LogP contribution < -0.4 is 5.79 Å². The van der Waals surface area contributed by atoms with Gasteiger partial charge in [-0.2, -0.15) is 0 Å². The molecule has 0 atom stereocenters. The molecule has 102 valence electrons. The van der Waals surface area contributed by atoms with Crippen molar-refractivity contribution in [1.29, 1.82) is 0 Å². The standard InChI is InChI=1S/C10H6S2.5CH3.2Sn.H/c1-3-9(11-7-1)5-6-10-4-2-8-12-10;;;;;;;;/h1-6H;5*1H3;;;/b6-5+;;;;;;;;. The molecule has 0 nitrogen and oxygen atoms in total. The van der Waals surface area contributed by atoms with Crippen LogP contribution in [0.2, 0.25) is 24.7 Å². The zero-order valence-corrected chi connectivity index (χ0v) is 20.1. The van der Waals surface area contributed by atoms with Crippen LogP contribution in [-0.4, -0.2) is 38.1 Å². The summed E-state index contributed by atoms with van der Waals surface area (Å²) in [6, 6.07) is 9.27. The molecule has 0 aliphatic rings. The van der Waals surface area contributed by atoms with Gasteiger partial charge in [-0.05, 0) is 0 Å². The van der Waals surface area contributed by atoms with Crippen molar-refractivity contribution in [2.45, 2.75) is 24.7 Å². The average Bonchev–Trinajstić information content (AvgIpc) is 2.95. The molecule has 0 saturated heterocycles. The van der Waals surface area contributed by atoms with E-state index in [1.54, 1.807) is 5.79 Å². The Balaban J connectivity index is 2.11. The van der Waals surface area contributed by atoms with Crippen molar-refractivity contribution in [3.05, 3.63) is 34.0 Å². The van der Waals surface area contributed by atoms with Gasteiger partial charge in [0, 0.05) is 0 Å². The fourth-order valence-corrected chi connectivity index (χ4v) is 13.5. The molecular formula is C15H22S2Sn2. The second kappa shape index (κ2) is 6.67. The van der Waals surface area contributed by atoms with Crippen LogP contribution in [0.15, 0.2) is 24.3 Å². The van der Waals surface area contributed by atoms with E-state index in [2.05, 4.69) is 61.1 Å². The van der Waals surface area contributed by atoms with Crippen LogP contribution in [-0.2, 0) is 0 Å².